The lowest BCUT2D eigenvalue weighted by Crippen LogP contribution is -2.16. The fourth-order valence-electron chi connectivity index (χ4n) is 2.30. The van der Waals surface area contributed by atoms with E-state index in [0.29, 0.717) is 11.5 Å². The molecular formula is C21H30O2. The summed E-state index contributed by atoms with van der Waals surface area (Å²) in [5.74, 6) is 0.785. The molecule has 0 aliphatic heterocycles. The van der Waals surface area contributed by atoms with E-state index in [0.717, 1.165) is 11.1 Å². The van der Waals surface area contributed by atoms with Gasteiger partial charge in [0, 0.05) is 0 Å². The molecule has 2 aromatic rings. The van der Waals surface area contributed by atoms with Crippen LogP contribution in [0.15, 0.2) is 42.5 Å². The normalized spacial score (nSPS) is 11.6. The Morgan fingerprint density at radius 2 is 1.04 bits per heavy atom. The van der Waals surface area contributed by atoms with E-state index in [4.69, 9.17) is 5.11 Å². The van der Waals surface area contributed by atoms with E-state index in [-0.39, 0.29) is 10.8 Å². The van der Waals surface area contributed by atoms with Crippen molar-refractivity contribution in [1.82, 2.24) is 0 Å². The minimum Gasteiger partial charge on any atom is -0.508 e. The second kappa shape index (κ2) is 7.08. The first-order valence-corrected chi connectivity index (χ1v) is 8.01. The standard InChI is InChI=1S/C14H22O.C7H8O/c1-13(2,3)10-8-7-9-11(12(10)15)14(4,5)6;1-6-2-4-7(8)5-3-6/h7-9,15H,1-6H3;2-5,8H,1H3. The number of para-hydroxylation sites is 1. The molecule has 0 fully saturated rings. The average Bonchev–Trinajstić information content (AvgIpc) is 2.40. The van der Waals surface area contributed by atoms with Gasteiger partial charge in [-0.2, -0.15) is 0 Å². The summed E-state index contributed by atoms with van der Waals surface area (Å²) in [4.78, 5) is 0. The number of hydrogen-bond donors (Lipinski definition) is 2. The quantitative estimate of drug-likeness (QED) is 0.656. The molecule has 0 aromatic heterocycles. The molecule has 0 heterocycles. The van der Waals surface area contributed by atoms with Crippen LogP contribution < -0.4 is 0 Å². The third-order valence-electron chi connectivity index (χ3n) is 3.69. The summed E-state index contributed by atoms with van der Waals surface area (Å²) in [5.41, 5.74) is 3.20. The number of rotatable bonds is 0. The number of aromatic hydroxyl groups is 2. The first kappa shape index (κ1) is 19.1. The average molecular weight is 314 g/mol. The molecule has 0 spiro atoms. The van der Waals surface area contributed by atoms with Gasteiger partial charge in [0.25, 0.3) is 0 Å². The molecule has 0 unspecified atom stereocenters. The van der Waals surface area contributed by atoms with Crippen LogP contribution in [-0.4, -0.2) is 10.2 Å². The van der Waals surface area contributed by atoms with Crippen molar-refractivity contribution in [3.8, 4) is 11.5 Å². The summed E-state index contributed by atoms with van der Waals surface area (Å²) in [7, 11) is 0. The Bertz CT molecular complexity index is 573. The van der Waals surface area contributed by atoms with Gasteiger partial charge in [0.1, 0.15) is 11.5 Å². The van der Waals surface area contributed by atoms with Crippen molar-refractivity contribution in [2.75, 3.05) is 0 Å². The minimum absolute atomic E-state index is 0.00859. The maximum atomic E-state index is 10.3. The second-order valence-electron chi connectivity index (χ2n) is 8.04. The van der Waals surface area contributed by atoms with Crippen molar-refractivity contribution in [3.63, 3.8) is 0 Å². The van der Waals surface area contributed by atoms with Gasteiger partial charge in [-0.15, -0.1) is 0 Å². The highest BCUT2D eigenvalue weighted by atomic mass is 16.3. The predicted molar refractivity (Wildman–Crippen MR) is 98.4 cm³/mol. The fourth-order valence-corrected chi connectivity index (χ4v) is 2.30. The lowest BCUT2D eigenvalue weighted by molar-refractivity contribution is 0.423. The Kier molecular flexibility index (Phi) is 5.87. The van der Waals surface area contributed by atoms with Crippen LogP contribution in [0.3, 0.4) is 0 Å². The lowest BCUT2D eigenvalue weighted by Gasteiger charge is -2.26. The number of phenols is 2. The summed E-state index contributed by atoms with van der Waals surface area (Å²) in [5, 5.41) is 19.0. The predicted octanol–water partition coefficient (Wildman–Crippen LogP) is 5.69. The van der Waals surface area contributed by atoms with Crippen molar-refractivity contribution < 1.29 is 10.2 Å². The Balaban J connectivity index is 0.000000277. The molecule has 0 saturated carbocycles. The SMILES string of the molecule is CC(C)(C)c1cccc(C(C)(C)C)c1O.Cc1ccc(O)cc1. The highest BCUT2D eigenvalue weighted by Gasteiger charge is 2.24. The molecule has 0 aliphatic rings. The molecule has 2 nitrogen and oxygen atoms in total. The summed E-state index contributed by atoms with van der Waals surface area (Å²) >= 11 is 0. The van der Waals surface area contributed by atoms with Gasteiger partial charge in [0.15, 0.2) is 0 Å². The van der Waals surface area contributed by atoms with Crippen LogP contribution >= 0.6 is 0 Å². The summed E-state index contributed by atoms with van der Waals surface area (Å²) in [6.45, 7) is 14.7. The largest absolute Gasteiger partial charge is 0.508 e. The molecule has 126 valence electrons. The minimum atomic E-state index is -0.00859. The van der Waals surface area contributed by atoms with Crippen LogP contribution in [0.1, 0.15) is 58.2 Å². The highest BCUT2D eigenvalue weighted by molar-refractivity contribution is 5.46. The van der Waals surface area contributed by atoms with Crippen LogP contribution in [0.4, 0.5) is 0 Å². The van der Waals surface area contributed by atoms with Gasteiger partial charge >= 0.3 is 0 Å². The first-order chi connectivity index (χ1) is 10.4. The molecule has 2 rings (SSSR count). The van der Waals surface area contributed by atoms with Gasteiger partial charge in [-0.1, -0.05) is 77.4 Å². The van der Waals surface area contributed by atoms with Crippen LogP contribution in [0.25, 0.3) is 0 Å². The summed E-state index contributed by atoms with van der Waals surface area (Å²) in [6.07, 6.45) is 0. The van der Waals surface area contributed by atoms with Crippen molar-refractivity contribution in [1.29, 1.82) is 0 Å². The summed E-state index contributed by atoms with van der Waals surface area (Å²) in [6, 6.07) is 13.1. The Labute approximate surface area is 140 Å². The smallest absolute Gasteiger partial charge is 0.123 e. The topological polar surface area (TPSA) is 40.5 Å². The molecule has 0 atom stereocenters. The zero-order chi connectivity index (χ0) is 17.8. The van der Waals surface area contributed by atoms with Crippen molar-refractivity contribution in [3.05, 3.63) is 59.2 Å². The lowest BCUT2D eigenvalue weighted by atomic mass is 9.80. The third-order valence-corrected chi connectivity index (χ3v) is 3.69. The maximum Gasteiger partial charge on any atom is 0.123 e. The van der Waals surface area contributed by atoms with E-state index < -0.39 is 0 Å². The van der Waals surface area contributed by atoms with Crippen LogP contribution in [0.5, 0.6) is 11.5 Å². The van der Waals surface area contributed by atoms with Crippen molar-refractivity contribution in [2.24, 2.45) is 0 Å². The van der Waals surface area contributed by atoms with Crippen LogP contribution in [-0.2, 0) is 10.8 Å². The van der Waals surface area contributed by atoms with Gasteiger partial charge in [-0.05, 0) is 41.0 Å². The van der Waals surface area contributed by atoms with Crippen molar-refractivity contribution >= 4 is 0 Å². The summed E-state index contributed by atoms with van der Waals surface area (Å²) < 4.78 is 0. The highest BCUT2D eigenvalue weighted by Crippen LogP contribution is 2.38. The number of phenolic OH excluding ortho intramolecular Hbond substituents is 2. The van der Waals surface area contributed by atoms with Gasteiger partial charge in [0.05, 0.1) is 0 Å². The van der Waals surface area contributed by atoms with E-state index in [1.165, 1.54) is 5.56 Å². The number of benzene rings is 2. The molecule has 2 heteroatoms. The van der Waals surface area contributed by atoms with Crippen molar-refractivity contribution in [2.45, 2.75) is 59.3 Å². The maximum absolute atomic E-state index is 10.3. The second-order valence-corrected chi connectivity index (χ2v) is 8.04. The zero-order valence-corrected chi connectivity index (χ0v) is 15.4. The molecule has 2 N–H and O–H groups in total. The number of aryl methyl sites for hydroxylation is 1. The van der Waals surface area contributed by atoms with Gasteiger partial charge in [-0.3, -0.25) is 0 Å². The van der Waals surface area contributed by atoms with E-state index in [2.05, 4.69) is 41.5 Å². The zero-order valence-electron chi connectivity index (χ0n) is 15.4. The molecule has 0 aliphatic carbocycles. The van der Waals surface area contributed by atoms with Crippen LogP contribution in [0.2, 0.25) is 0 Å². The van der Waals surface area contributed by atoms with E-state index in [1.54, 1.807) is 12.1 Å². The molecule has 0 bridgehead atoms. The van der Waals surface area contributed by atoms with E-state index in [9.17, 15) is 5.11 Å². The van der Waals surface area contributed by atoms with E-state index >= 15 is 0 Å². The van der Waals surface area contributed by atoms with Gasteiger partial charge in [-0.25, -0.2) is 0 Å². The molecule has 23 heavy (non-hydrogen) atoms. The fraction of sp³-hybridized carbons (Fsp3) is 0.429. The molecule has 0 radical (unpaired) electrons. The third kappa shape index (κ3) is 5.63. The Morgan fingerprint density at radius 3 is 1.35 bits per heavy atom. The van der Waals surface area contributed by atoms with E-state index in [1.807, 2.05) is 37.3 Å². The Morgan fingerprint density at radius 1 is 0.652 bits per heavy atom. The van der Waals surface area contributed by atoms with Gasteiger partial charge in [0.2, 0.25) is 0 Å². The van der Waals surface area contributed by atoms with Crippen LogP contribution in [0, 0.1) is 6.92 Å². The monoisotopic (exact) mass is 314 g/mol. The Hall–Kier alpha value is -1.96. The first-order valence-electron chi connectivity index (χ1n) is 8.01. The molecule has 2 aromatic carbocycles. The van der Waals surface area contributed by atoms with Gasteiger partial charge < -0.3 is 10.2 Å². The molecular weight excluding hydrogens is 284 g/mol. The number of hydrogen-bond acceptors (Lipinski definition) is 2. The molecule has 0 saturated heterocycles. The molecule has 0 amide bonds.